The fourth-order valence-electron chi connectivity index (χ4n) is 1.94. The van der Waals surface area contributed by atoms with E-state index in [2.05, 4.69) is 10.6 Å². The number of hydrogen-bond donors (Lipinski definition) is 3. The molecule has 0 aliphatic carbocycles. The predicted octanol–water partition coefficient (Wildman–Crippen LogP) is 3.36. The molecule has 0 unspecified atom stereocenters. The van der Waals surface area contributed by atoms with Crippen LogP contribution in [0.4, 0.5) is 10.5 Å². The molecule has 0 saturated carbocycles. The van der Waals surface area contributed by atoms with E-state index in [0.717, 1.165) is 12.8 Å². The van der Waals surface area contributed by atoms with Crippen LogP contribution in [0, 0.1) is 0 Å². The van der Waals surface area contributed by atoms with Crippen LogP contribution in [0.15, 0.2) is 24.3 Å². The van der Waals surface area contributed by atoms with Crippen molar-refractivity contribution in [2.45, 2.75) is 52.0 Å². The number of anilines is 1. The van der Waals surface area contributed by atoms with Gasteiger partial charge in [0.15, 0.2) is 0 Å². The normalized spacial score (nSPS) is 11.3. The highest BCUT2D eigenvalue weighted by molar-refractivity contribution is 5.89. The monoisotopic (exact) mass is 292 g/mol. The Labute approximate surface area is 125 Å². The number of urea groups is 1. The first kappa shape index (κ1) is 17.0. The summed E-state index contributed by atoms with van der Waals surface area (Å²) in [6.07, 6.45) is 1.77. The maximum absolute atomic E-state index is 11.8. The minimum absolute atomic E-state index is 0.162. The van der Waals surface area contributed by atoms with Gasteiger partial charge in [0.2, 0.25) is 0 Å². The summed E-state index contributed by atoms with van der Waals surface area (Å²) >= 11 is 0. The number of benzene rings is 1. The molecule has 0 heterocycles. The van der Waals surface area contributed by atoms with Crippen LogP contribution in [-0.2, 0) is 10.2 Å². The SMILES string of the molecule is CCC(CC)NC(=O)Nc1ccc(C(C)(C)C(=O)O)cc1. The van der Waals surface area contributed by atoms with Crippen molar-refractivity contribution in [2.75, 3.05) is 5.32 Å². The maximum atomic E-state index is 11.8. The molecule has 5 nitrogen and oxygen atoms in total. The summed E-state index contributed by atoms with van der Waals surface area (Å²) < 4.78 is 0. The number of carboxylic acid groups (broad SMARTS) is 1. The van der Waals surface area contributed by atoms with Crippen LogP contribution in [-0.4, -0.2) is 23.1 Å². The Morgan fingerprint density at radius 3 is 2.10 bits per heavy atom. The Hall–Kier alpha value is -2.04. The van der Waals surface area contributed by atoms with Crippen LogP contribution in [0.25, 0.3) is 0 Å². The number of carboxylic acids is 1. The van der Waals surface area contributed by atoms with Crippen LogP contribution < -0.4 is 10.6 Å². The zero-order valence-electron chi connectivity index (χ0n) is 13.1. The fourth-order valence-corrected chi connectivity index (χ4v) is 1.94. The van der Waals surface area contributed by atoms with Crippen LogP contribution in [0.2, 0.25) is 0 Å². The second-order valence-electron chi connectivity index (χ2n) is 5.62. The number of aliphatic carboxylic acids is 1. The molecule has 2 amide bonds. The second-order valence-corrected chi connectivity index (χ2v) is 5.62. The summed E-state index contributed by atoms with van der Waals surface area (Å²) in [5, 5.41) is 14.8. The average Bonchev–Trinajstić information content (AvgIpc) is 2.45. The van der Waals surface area contributed by atoms with Gasteiger partial charge in [-0.3, -0.25) is 4.79 Å². The molecule has 0 atom stereocenters. The summed E-state index contributed by atoms with van der Waals surface area (Å²) in [4.78, 5) is 23.0. The summed E-state index contributed by atoms with van der Waals surface area (Å²) in [6, 6.07) is 6.80. The fraction of sp³-hybridized carbons (Fsp3) is 0.500. The summed E-state index contributed by atoms with van der Waals surface area (Å²) in [6.45, 7) is 7.35. The first-order valence-electron chi connectivity index (χ1n) is 7.22. The first-order valence-corrected chi connectivity index (χ1v) is 7.22. The van der Waals surface area contributed by atoms with E-state index in [9.17, 15) is 14.7 Å². The topological polar surface area (TPSA) is 78.4 Å². The first-order chi connectivity index (χ1) is 9.81. The van der Waals surface area contributed by atoms with Gasteiger partial charge in [-0.25, -0.2) is 4.79 Å². The van der Waals surface area contributed by atoms with Gasteiger partial charge in [0.25, 0.3) is 0 Å². The Morgan fingerprint density at radius 1 is 1.14 bits per heavy atom. The van der Waals surface area contributed by atoms with Crippen LogP contribution >= 0.6 is 0 Å². The Morgan fingerprint density at radius 2 is 1.67 bits per heavy atom. The van der Waals surface area contributed by atoms with Gasteiger partial charge in [0, 0.05) is 11.7 Å². The molecule has 0 radical (unpaired) electrons. The third kappa shape index (κ3) is 4.48. The number of carbonyl (C=O) groups excluding carboxylic acids is 1. The molecule has 0 aliphatic heterocycles. The molecule has 1 rings (SSSR count). The van der Waals surface area contributed by atoms with Crippen molar-refractivity contribution < 1.29 is 14.7 Å². The van der Waals surface area contributed by atoms with Gasteiger partial charge in [-0.05, 0) is 44.4 Å². The number of nitrogens with one attached hydrogen (secondary N) is 2. The van der Waals surface area contributed by atoms with Crippen molar-refractivity contribution >= 4 is 17.7 Å². The molecule has 0 aliphatic rings. The van der Waals surface area contributed by atoms with Gasteiger partial charge in [-0.2, -0.15) is 0 Å². The Kier molecular flexibility index (Phi) is 5.76. The molecule has 0 spiro atoms. The maximum Gasteiger partial charge on any atom is 0.319 e. The molecule has 0 aromatic heterocycles. The van der Waals surface area contributed by atoms with E-state index in [4.69, 9.17) is 0 Å². The molecule has 0 bridgehead atoms. The second kappa shape index (κ2) is 7.11. The van der Waals surface area contributed by atoms with Gasteiger partial charge in [-0.1, -0.05) is 26.0 Å². The third-order valence-corrected chi connectivity index (χ3v) is 3.72. The van der Waals surface area contributed by atoms with Crippen molar-refractivity contribution in [3.8, 4) is 0 Å². The smallest absolute Gasteiger partial charge is 0.319 e. The molecular weight excluding hydrogens is 268 g/mol. The molecule has 5 heteroatoms. The quantitative estimate of drug-likeness (QED) is 0.752. The number of rotatable bonds is 6. The van der Waals surface area contributed by atoms with E-state index in [0.29, 0.717) is 11.3 Å². The van der Waals surface area contributed by atoms with Crippen LogP contribution in [0.3, 0.4) is 0 Å². The summed E-state index contributed by atoms with van der Waals surface area (Å²) in [7, 11) is 0. The lowest BCUT2D eigenvalue weighted by Gasteiger charge is -2.20. The van der Waals surface area contributed by atoms with E-state index < -0.39 is 11.4 Å². The van der Waals surface area contributed by atoms with Gasteiger partial charge in [-0.15, -0.1) is 0 Å². The van der Waals surface area contributed by atoms with Crippen molar-refractivity contribution in [2.24, 2.45) is 0 Å². The molecule has 116 valence electrons. The summed E-state index contributed by atoms with van der Waals surface area (Å²) in [5.41, 5.74) is 0.389. The Balaban J connectivity index is 2.71. The largest absolute Gasteiger partial charge is 0.481 e. The lowest BCUT2D eigenvalue weighted by Crippen LogP contribution is -2.37. The minimum Gasteiger partial charge on any atom is -0.481 e. The highest BCUT2D eigenvalue weighted by Crippen LogP contribution is 2.24. The molecule has 1 aromatic carbocycles. The van der Waals surface area contributed by atoms with Crippen molar-refractivity contribution in [3.05, 3.63) is 29.8 Å². The lowest BCUT2D eigenvalue weighted by molar-refractivity contribution is -0.142. The van der Waals surface area contributed by atoms with Crippen molar-refractivity contribution in [3.63, 3.8) is 0 Å². The average molecular weight is 292 g/mol. The lowest BCUT2D eigenvalue weighted by atomic mass is 9.85. The molecule has 0 saturated heterocycles. The molecular formula is C16H24N2O3. The van der Waals surface area contributed by atoms with Crippen molar-refractivity contribution in [1.82, 2.24) is 5.32 Å². The number of carbonyl (C=O) groups is 2. The van der Waals surface area contributed by atoms with Gasteiger partial charge < -0.3 is 15.7 Å². The van der Waals surface area contributed by atoms with Crippen LogP contribution in [0.1, 0.15) is 46.1 Å². The summed E-state index contributed by atoms with van der Waals surface area (Å²) in [5.74, 6) is -0.880. The van der Waals surface area contributed by atoms with E-state index in [1.165, 1.54) is 0 Å². The molecule has 0 fully saturated rings. The van der Waals surface area contributed by atoms with Gasteiger partial charge in [0.05, 0.1) is 5.41 Å². The third-order valence-electron chi connectivity index (χ3n) is 3.72. The standard InChI is InChI=1S/C16H24N2O3/c1-5-12(6-2)17-15(21)18-13-9-7-11(8-10-13)16(3,4)14(19)20/h7-10,12H,5-6H2,1-4H3,(H,19,20)(H2,17,18,21). The van der Waals surface area contributed by atoms with Crippen LogP contribution in [0.5, 0.6) is 0 Å². The Bertz CT molecular complexity index is 491. The number of amides is 2. The van der Waals surface area contributed by atoms with E-state index in [1.54, 1.807) is 38.1 Å². The zero-order chi connectivity index (χ0) is 16.0. The molecule has 3 N–H and O–H groups in total. The van der Waals surface area contributed by atoms with Gasteiger partial charge >= 0.3 is 12.0 Å². The minimum atomic E-state index is -0.948. The molecule has 21 heavy (non-hydrogen) atoms. The highest BCUT2D eigenvalue weighted by atomic mass is 16.4. The number of hydrogen-bond acceptors (Lipinski definition) is 2. The zero-order valence-corrected chi connectivity index (χ0v) is 13.1. The molecule has 1 aromatic rings. The van der Waals surface area contributed by atoms with E-state index >= 15 is 0 Å². The van der Waals surface area contributed by atoms with E-state index in [-0.39, 0.29) is 12.1 Å². The highest BCUT2D eigenvalue weighted by Gasteiger charge is 2.29. The van der Waals surface area contributed by atoms with E-state index in [1.807, 2.05) is 13.8 Å². The van der Waals surface area contributed by atoms with Crippen molar-refractivity contribution in [1.29, 1.82) is 0 Å². The van der Waals surface area contributed by atoms with Gasteiger partial charge in [0.1, 0.15) is 0 Å². The predicted molar refractivity (Wildman–Crippen MR) is 83.6 cm³/mol.